The quantitative estimate of drug-likeness (QED) is 0.355. The highest BCUT2D eigenvalue weighted by atomic mass is 16.5. The second-order valence-corrected chi connectivity index (χ2v) is 9.40. The summed E-state index contributed by atoms with van der Waals surface area (Å²) in [7, 11) is 1.63. The van der Waals surface area contributed by atoms with Crippen LogP contribution < -0.4 is 10.1 Å². The minimum atomic E-state index is -0.284. The average molecular weight is 495 g/mol. The van der Waals surface area contributed by atoms with E-state index in [1.165, 1.54) is 5.56 Å². The lowest BCUT2D eigenvalue weighted by atomic mass is 10.1. The molecule has 0 spiro atoms. The molecule has 37 heavy (non-hydrogen) atoms. The summed E-state index contributed by atoms with van der Waals surface area (Å²) in [5.74, 6) is 0.749. The minimum absolute atomic E-state index is 0.0317. The van der Waals surface area contributed by atoms with Crippen LogP contribution >= 0.6 is 0 Å². The number of ether oxygens (including phenoxy) is 1. The molecule has 3 aromatic carbocycles. The van der Waals surface area contributed by atoms with Gasteiger partial charge in [-0.1, -0.05) is 24.3 Å². The molecule has 1 heterocycles. The molecule has 0 atom stereocenters. The minimum Gasteiger partial charge on any atom is -0.497 e. The topological polar surface area (TPSA) is 76.5 Å². The van der Waals surface area contributed by atoms with Crippen molar-refractivity contribution in [2.75, 3.05) is 19.0 Å². The molecule has 1 N–H and O–H groups in total. The van der Waals surface area contributed by atoms with E-state index in [1.54, 1.807) is 24.1 Å². The Hall–Kier alpha value is -4.39. The monoisotopic (exact) mass is 494 g/mol. The Balaban J connectivity index is 1.43. The normalized spacial score (nSPS) is 12.7. The van der Waals surface area contributed by atoms with Crippen molar-refractivity contribution in [1.82, 2.24) is 14.5 Å². The van der Waals surface area contributed by atoms with Gasteiger partial charge in [0.1, 0.15) is 12.3 Å². The molecule has 0 unspecified atom stereocenters. The van der Waals surface area contributed by atoms with Gasteiger partial charge in [-0.15, -0.1) is 0 Å². The highest BCUT2D eigenvalue weighted by molar-refractivity contribution is 5.99. The van der Waals surface area contributed by atoms with Gasteiger partial charge in [-0.2, -0.15) is 0 Å². The van der Waals surface area contributed by atoms with E-state index in [0.29, 0.717) is 11.5 Å². The average Bonchev–Trinajstić information content (AvgIpc) is 3.68. The molecular weight excluding hydrogens is 464 g/mol. The van der Waals surface area contributed by atoms with Crippen molar-refractivity contribution >= 4 is 17.8 Å². The number of hydrogen-bond acceptors (Lipinski definition) is 4. The van der Waals surface area contributed by atoms with E-state index in [1.807, 2.05) is 59.3 Å². The molecular formula is C30H30N4O3. The highest BCUT2D eigenvalue weighted by Crippen LogP contribution is 2.29. The molecule has 1 fully saturated rings. The number of methoxy groups -OCH3 is 1. The maximum atomic E-state index is 13.2. The van der Waals surface area contributed by atoms with Crippen LogP contribution in [0.5, 0.6) is 5.75 Å². The fraction of sp³-hybridized carbons (Fsp3) is 0.233. The number of imidazole rings is 1. The zero-order chi connectivity index (χ0) is 25.9. The Morgan fingerprint density at radius 1 is 1.00 bits per heavy atom. The number of hydrogen-bond donors (Lipinski definition) is 1. The summed E-state index contributed by atoms with van der Waals surface area (Å²) < 4.78 is 7.16. The first-order chi connectivity index (χ1) is 17.9. The molecule has 2 amide bonds. The van der Waals surface area contributed by atoms with Crippen LogP contribution in [0.4, 0.5) is 5.95 Å². The van der Waals surface area contributed by atoms with Gasteiger partial charge >= 0.3 is 0 Å². The van der Waals surface area contributed by atoms with Crippen molar-refractivity contribution in [3.05, 3.63) is 95.7 Å². The number of aromatic nitrogens is 2. The van der Waals surface area contributed by atoms with Crippen LogP contribution in [-0.4, -0.2) is 46.0 Å². The lowest BCUT2D eigenvalue weighted by Gasteiger charge is -2.22. The maximum absolute atomic E-state index is 13.2. The van der Waals surface area contributed by atoms with Gasteiger partial charge in [0.25, 0.3) is 5.91 Å². The lowest BCUT2D eigenvalue weighted by Crippen LogP contribution is -2.39. The van der Waals surface area contributed by atoms with Crippen molar-refractivity contribution < 1.29 is 14.3 Å². The molecule has 0 radical (unpaired) electrons. The molecule has 0 aliphatic heterocycles. The fourth-order valence-electron chi connectivity index (χ4n) is 4.26. The third-order valence-electron chi connectivity index (χ3n) is 6.69. The van der Waals surface area contributed by atoms with E-state index in [2.05, 4.69) is 31.3 Å². The first-order valence-corrected chi connectivity index (χ1v) is 12.4. The molecule has 0 bridgehead atoms. The van der Waals surface area contributed by atoms with Crippen LogP contribution in [0.25, 0.3) is 16.9 Å². The van der Waals surface area contributed by atoms with Gasteiger partial charge < -0.3 is 9.64 Å². The third-order valence-corrected chi connectivity index (χ3v) is 6.69. The molecule has 1 aliphatic rings. The zero-order valence-corrected chi connectivity index (χ0v) is 21.3. The molecule has 4 aromatic rings. The summed E-state index contributed by atoms with van der Waals surface area (Å²) in [5, 5.41) is 2.97. The second-order valence-electron chi connectivity index (χ2n) is 9.40. The SMILES string of the molecule is COc1ccc(-c2cn(-c3ccc(C)c(C)c3)c(NC(=O)CN(C(=O)c3ccccc3)C3CC3)n2)cc1. The van der Waals surface area contributed by atoms with Crippen molar-refractivity contribution in [2.45, 2.75) is 32.7 Å². The highest BCUT2D eigenvalue weighted by Gasteiger charge is 2.34. The molecule has 188 valence electrons. The van der Waals surface area contributed by atoms with Crippen molar-refractivity contribution in [1.29, 1.82) is 0 Å². The smallest absolute Gasteiger partial charge is 0.254 e. The van der Waals surface area contributed by atoms with Gasteiger partial charge in [-0.3, -0.25) is 19.5 Å². The Morgan fingerprint density at radius 2 is 1.73 bits per heavy atom. The fourth-order valence-corrected chi connectivity index (χ4v) is 4.26. The molecule has 1 saturated carbocycles. The molecule has 1 aromatic heterocycles. The Kier molecular flexibility index (Phi) is 6.77. The number of aryl methyl sites for hydroxylation is 2. The number of amides is 2. The van der Waals surface area contributed by atoms with Crippen LogP contribution in [0.15, 0.2) is 79.0 Å². The largest absolute Gasteiger partial charge is 0.497 e. The standard InChI is InChI=1S/C30H30N4O3/c1-20-9-12-25(17-21(20)2)34-18-27(22-10-15-26(37-3)16-11-22)31-30(34)32-28(35)19-33(24-13-14-24)29(36)23-7-5-4-6-8-23/h4-12,15-18,24H,13-14,19H2,1-3H3,(H,31,32,35). The second kappa shape index (κ2) is 10.3. The summed E-state index contributed by atoms with van der Waals surface area (Å²) in [4.78, 5) is 32.8. The summed E-state index contributed by atoms with van der Waals surface area (Å²) in [6.45, 7) is 4.09. The van der Waals surface area contributed by atoms with Gasteiger partial charge in [0.15, 0.2) is 0 Å². The number of anilines is 1. The summed E-state index contributed by atoms with van der Waals surface area (Å²) in [6, 6.07) is 23.0. The number of nitrogens with one attached hydrogen (secondary N) is 1. The molecule has 7 heteroatoms. The van der Waals surface area contributed by atoms with Gasteiger partial charge in [0.2, 0.25) is 11.9 Å². The van der Waals surface area contributed by atoms with Crippen LogP contribution in [0.2, 0.25) is 0 Å². The van der Waals surface area contributed by atoms with E-state index in [-0.39, 0.29) is 24.4 Å². The van der Waals surface area contributed by atoms with Gasteiger partial charge in [-0.05, 0) is 86.3 Å². The lowest BCUT2D eigenvalue weighted by molar-refractivity contribution is -0.117. The number of nitrogens with zero attached hydrogens (tertiary/aromatic N) is 3. The maximum Gasteiger partial charge on any atom is 0.254 e. The Labute approximate surface area is 216 Å². The van der Waals surface area contributed by atoms with Gasteiger partial charge in [0, 0.05) is 29.1 Å². The number of benzene rings is 3. The van der Waals surface area contributed by atoms with Gasteiger partial charge in [-0.25, -0.2) is 4.98 Å². The van der Waals surface area contributed by atoms with Crippen molar-refractivity contribution in [2.24, 2.45) is 0 Å². The first-order valence-electron chi connectivity index (χ1n) is 12.4. The summed E-state index contributed by atoms with van der Waals surface area (Å²) in [6.07, 6.45) is 3.73. The van der Waals surface area contributed by atoms with Crippen molar-refractivity contribution in [3.8, 4) is 22.7 Å². The van der Waals surface area contributed by atoms with Crippen LogP contribution in [0, 0.1) is 13.8 Å². The Bertz CT molecular complexity index is 1420. The summed E-state index contributed by atoms with van der Waals surface area (Å²) >= 11 is 0. The van der Waals surface area contributed by atoms with Crippen LogP contribution in [0.3, 0.4) is 0 Å². The van der Waals surface area contributed by atoms with E-state index < -0.39 is 0 Å². The van der Waals surface area contributed by atoms with E-state index in [0.717, 1.165) is 41.1 Å². The number of rotatable bonds is 8. The third kappa shape index (κ3) is 5.40. The van der Waals surface area contributed by atoms with E-state index >= 15 is 0 Å². The molecule has 1 aliphatic carbocycles. The predicted molar refractivity (Wildman–Crippen MR) is 144 cm³/mol. The van der Waals surface area contributed by atoms with E-state index in [4.69, 9.17) is 9.72 Å². The number of carbonyl (C=O) groups excluding carboxylic acids is 2. The molecule has 0 saturated heterocycles. The zero-order valence-electron chi connectivity index (χ0n) is 21.3. The van der Waals surface area contributed by atoms with Crippen LogP contribution in [-0.2, 0) is 4.79 Å². The van der Waals surface area contributed by atoms with Crippen molar-refractivity contribution in [3.63, 3.8) is 0 Å². The first kappa shape index (κ1) is 24.3. The molecule has 5 rings (SSSR count). The summed E-state index contributed by atoms with van der Waals surface area (Å²) in [5.41, 5.74) is 5.42. The van der Waals surface area contributed by atoms with E-state index in [9.17, 15) is 9.59 Å². The van der Waals surface area contributed by atoms with Crippen LogP contribution in [0.1, 0.15) is 34.3 Å². The number of carbonyl (C=O) groups is 2. The predicted octanol–water partition coefficient (Wildman–Crippen LogP) is 5.41. The Morgan fingerprint density at radius 3 is 2.38 bits per heavy atom. The molecule has 7 nitrogen and oxygen atoms in total. The van der Waals surface area contributed by atoms with Gasteiger partial charge in [0.05, 0.1) is 12.8 Å².